The Kier molecular flexibility index (Phi) is 14.5. The number of unbranched alkanes of at least 4 members (excludes halogenated alkanes) is 11. The highest BCUT2D eigenvalue weighted by Gasteiger charge is 2.40. The third kappa shape index (κ3) is 14.1. The van der Waals surface area contributed by atoms with Gasteiger partial charge < -0.3 is 20.6 Å². The predicted octanol–water partition coefficient (Wildman–Crippen LogP) is 3.48. The first-order valence-corrected chi connectivity index (χ1v) is 10.3. The van der Waals surface area contributed by atoms with E-state index in [1.807, 2.05) is 0 Å². The van der Waals surface area contributed by atoms with Crippen molar-refractivity contribution in [3.63, 3.8) is 0 Å². The second-order valence-corrected chi connectivity index (χ2v) is 7.32. The van der Waals surface area contributed by atoms with Gasteiger partial charge in [0, 0.05) is 6.54 Å². The van der Waals surface area contributed by atoms with Gasteiger partial charge in [-0.3, -0.25) is 9.59 Å². The summed E-state index contributed by atoms with van der Waals surface area (Å²) in [6.07, 6.45) is 12.8. The van der Waals surface area contributed by atoms with E-state index in [0.717, 1.165) is 19.3 Å². The number of aliphatic hydroxyl groups is 1. The molecule has 0 radical (unpaired) electrons. The van der Waals surface area contributed by atoms with Crippen molar-refractivity contribution in [3.8, 4) is 0 Å². The number of hydrogen-bond acceptors (Lipinski definition) is 4. The van der Waals surface area contributed by atoms with Gasteiger partial charge in [-0.1, -0.05) is 77.6 Å². The Morgan fingerprint density at radius 2 is 1.19 bits per heavy atom. The van der Waals surface area contributed by atoms with Gasteiger partial charge in [-0.05, 0) is 6.42 Å². The van der Waals surface area contributed by atoms with E-state index < -0.39 is 36.3 Å². The van der Waals surface area contributed by atoms with Gasteiger partial charge in [-0.25, -0.2) is 4.79 Å². The summed E-state index contributed by atoms with van der Waals surface area (Å²) < 4.78 is 0. The number of aliphatic carboxylic acids is 2. The Labute approximate surface area is 162 Å². The normalized spacial score (nSPS) is 13.1. The van der Waals surface area contributed by atoms with Gasteiger partial charge in [0.1, 0.15) is 0 Å². The van der Waals surface area contributed by atoms with Gasteiger partial charge in [-0.2, -0.15) is 0 Å². The molecule has 27 heavy (non-hydrogen) atoms. The van der Waals surface area contributed by atoms with E-state index >= 15 is 0 Å². The number of carbonyl (C=O) groups is 3. The molecule has 0 aliphatic heterocycles. The zero-order valence-corrected chi connectivity index (χ0v) is 16.7. The molecular weight excluding hydrogens is 350 g/mol. The Balaban J connectivity index is 3.63. The van der Waals surface area contributed by atoms with Crippen molar-refractivity contribution in [3.05, 3.63) is 0 Å². The van der Waals surface area contributed by atoms with Crippen LogP contribution < -0.4 is 5.32 Å². The molecule has 0 spiro atoms. The number of carboxylic acid groups (broad SMARTS) is 2. The van der Waals surface area contributed by atoms with Crippen molar-refractivity contribution in [2.24, 2.45) is 0 Å². The summed E-state index contributed by atoms with van der Waals surface area (Å²) in [5.74, 6) is -3.82. The molecule has 1 unspecified atom stereocenters. The third-order valence-corrected chi connectivity index (χ3v) is 4.65. The summed E-state index contributed by atoms with van der Waals surface area (Å²) in [7, 11) is 0. The number of carbonyl (C=O) groups excluding carboxylic acids is 1. The monoisotopic (exact) mass is 387 g/mol. The first kappa shape index (κ1) is 25.4. The van der Waals surface area contributed by atoms with E-state index in [0.29, 0.717) is 6.54 Å². The molecule has 0 rings (SSSR count). The maximum Gasteiger partial charge on any atom is 0.336 e. The summed E-state index contributed by atoms with van der Waals surface area (Å²) in [5.41, 5.74) is -2.56. The summed E-state index contributed by atoms with van der Waals surface area (Å²) in [5, 5.41) is 29.9. The van der Waals surface area contributed by atoms with Gasteiger partial charge in [0.2, 0.25) is 5.91 Å². The lowest BCUT2D eigenvalue weighted by atomic mass is 9.95. The first-order chi connectivity index (χ1) is 12.8. The molecular formula is C20H37NO6. The Hall–Kier alpha value is -1.63. The smallest absolute Gasteiger partial charge is 0.336 e. The van der Waals surface area contributed by atoms with Gasteiger partial charge in [0.15, 0.2) is 5.60 Å². The highest BCUT2D eigenvalue weighted by molar-refractivity contribution is 5.90. The van der Waals surface area contributed by atoms with Crippen LogP contribution in [0.1, 0.15) is 96.8 Å². The molecule has 0 aromatic rings. The molecule has 1 amide bonds. The minimum absolute atomic E-state index is 0.402. The van der Waals surface area contributed by atoms with Gasteiger partial charge in [-0.15, -0.1) is 0 Å². The maximum atomic E-state index is 11.7. The lowest BCUT2D eigenvalue weighted by molar-refractivity contribution is -0.167. The number of rotatable bonds is 18. The Morgan fingerprint density at radius 3 is 1.59 bits per heavy atom. The Bertz CT molecular complexity index is 440. The maximum absolute atomic E-state index is 11.7. The van der Waals surface area contributed by atoms with E-state index in [4.69, 9.17) is 10.2 Å². The molecule has 0 bridgehead atoms. The van der Waals surface area contributed by atoms with Crippen LogP contribution in [0.25, 0.3) is 0 Å². The Morgan fingerprint density at radius 1 is 0.741 bits per heavy atom. The predicted molar refractivity (Wildman–Crippen MR) is 104 cm³/mol. The van der Waals surface area contributed by atoms with Crippen LogP contribution >= 0.6 is 0 Å². The molecule has 158 valence electrons. The van der Waals surface area contributed by atoms with Gasteiger partial charge in [0.25, 0.3) is 0 Å². The second kappa shape index (κ2) is 15.4. The van der Waals surface area contributed by atoms with Crippen LogP contribution in [0.3, 0.4) is 0 Å². The zero-order valence-electron chi connectivity index (χ0n) is 16.7. The number of amides is 1. The quantitative estimate of drug-likeness (QED) is 0.267. The van der Waals surface area contributed by atoms with E-state index in [1.54, 1.807) is 0 Å². The van der Waals surface area contributed by atoms with Crippen LogP contribution in [-0.4, -0.2) is 45.3 Å². The fourth-order valence-corrected chi connectivity index (χ4v) is 2.99. The van der Waals surface area contributed by atoms with E-state index in [2.05, 4.69) is 12.2 Å². The van der Waals surface area contributed by atoms with Crippen molar-refractivity contribution in [2.45, 2.75) is 102 Å². The summed E-state index contributed by atoms with van der Waals surface area (Å²) in [4.78, 5) is 33.3. The molecule has 0 aliphatic rings. The van der Waals surface area contributed by atoms with E-state index in [-0.39, 0.29) is 0 Å². The van der Waals surface area contributed by atoms with E-state index in [1.165, 1.54) is 57.8 Å². The lowest BCUT2D eigenvalue weighted by Crippen LogP contribution is -2.45. The minimum atomic E-state index is -2.56. The fourth-order valence-electron chi connectivity index (χ4n) is 2.99. The van der Waals surface area contributed by atoms with Crippen LogP contribution in [0.2, 0.25) is 0 Å². The van der Waals surface area contributed by atoms with Crippen molar-refractivity contribution in [2.75, 3.05) is 6.54 Å². The molecule has 4 N–H and O–H groups in total. The minimum Gasteiger partial charge on any atom is -0.481 e. The molecule has 0 aromatic heterocycles. The van der Waals surface area contributed by atoms with Gasteiger partial charge >= 0.3 is 11.9 Å². The van der Waals surface area contributed by atoms with Crippen LogP contribution in [0.4, 0.5) is 0 Å². The number of hydrogen-bond donors (Lipinski definition) is 4. The average molecular weight is 388 g/mol. The molecule has 0 aliphatic carbocycles. The highest BCUT2D eigenvalue weighted by atomic mass is 16.4. The molecule has 0 saturated heterocycles. The molecule has 0 aromatic carbocycles. The number of nitrogens with one attached hydrogen (secondary N) is 1. The van der Waals surface area contributed by atoms with Crippen LogP contribution in [-0.2, 0) is 14.4 Å². The topological polar surface area (TPSA) is 124 Å². The summed E-state index contributed by atoms with van der Waals surface area (Å²) in [6.45, 7) is 2.62. The summed E-state index contributed by atoms with van der Waals surface area (Å²) in [6, 6.07) is 0. The average Bonchev–Trinajstić information content (AvgIpc) is 2.58. The van der Waals surface area contributed by atoms with Crippen molar-refractivity contribution >= 4 is 17.8 Å². The SMILES string of the molecule is CCCCCCCCCCCCCCNC(=O)CC(O)(CC(=O)O)C(=O)O. The van der Waals surface area contributed by atoms with Crippen LogP contribution in [0.5, 0.6) is 0 Å². The van der Waals surface area contributed by atoms with Gasteiger partial charge in [0.05, 0.1) is 12.8 Å². The molecule has 7 heteroatoms. The largest absolute Gasteiger partial charge is 0.481 e. The van der Waals surface area contributed by atoms with Crippen molar-refractivity contribution in [1.82, 2.24) is 5.32 Å². The third-order valence-electron chi connectivity index (χ3n) is 4.65. The summed E-state index contributed by atoms with van der Waals surface area (Å²) >= 11 is 0. The fraction of sp³-hybridized carbons (Fsp3) is 0.850. The molecule has 1 atom stereocenters. The number of carboxylic acids is 2. The highest BCUT2D eigenvalue weighted by Crippen LogP contribution is 2.16. The lowest BCUT2D eigenvalue weighted by Gasteiger charge is -2.20. The van der Waals surface area contributed by atoms with Crippen molar-refractivity contribution in [1.29, 1.82) is 0 Å². The van der Waals surface area contributed by atoms with E-state index in [9.17, 15) is 19.5 Å². The molecule has 0 saturated carbocycles. The van der Waals surface area contributed by atoms with Crippen LogP contribution in [0.15, 0.2) is 0 Å². The molecule has 7 nitrogen and oxygen atoms in total. The first-order valence-electron chi connectivity index (χ1n) is 10.3. The van der Waals surface area contributed by atoms with Crippen molar-refractivity contribution < 1.29 is 29.7 Å². The molecule has 0 heterocycles. The zero-order chi connectivity index (χ0) is 20.5. The molecule has 0 fully saturated rings. The second-order valence-electron chi connectivity index (χ2n) is 7.32. The standard InChI is InChI=1S/C20H37NO6/c1-2-3-4-5-6-7-8-9-10-11-12-13-14-21-17(22)15-20(27,19(25)26)16-18(23)24/h27H,2-16H2,1H3,(H,21,22)(H,23,24)(H,25,26). The van der Waals surface area contributed by atoms with Crippen LogP contribution in [0, 0.1) is 0 Å².